The van der Waals surface area contributed by atoms with Gasteiger partial charge in [-0.25, -0.2) is 0 Å². The van der Waals surface area contributed by atoms with Crippen molar-refractivity contribution in [3.8, 4) is 0 Å². The van der Waals surface area contributed by atoms with Gasteiger partial charge in [0.1, 0.15) is 11.8 Å². The van der Waals surface area contributed by atoms with Crippen LogP contribution in [0.15, 0.2) is 41.3 Å². The van der Waals surface area contributed by atoms with Gasteiger partial charge in [-0.05, 0) is 24.6 Å². The van der Waals surface area contributed by atoms with Gasteiger partial charge < -0.3 is 14.6 Å². The van der Waals surface area contributed by atoms with Gasteiger partial charge in [-0.2, -0.15) is 0 Å². The smallest absolute Gasteiger partial charge is 0.270 e. The Kier molecular flexibility index (Phi) is 4.02. The summed E-state index contributed by atoms with van der Waals surface area (Å²) >= 11 is 0. The molecule has 0 bridgehead atoms. The third-order valence-electron chi connectivity index (χ3n) is 3.62. The van der Waals surface area contributed by atoms with Crippen LogP contribution >= 0.6 is 0 Å². The number of aromatic nitrogens is 2. The van der Waals surface area contributed by atoms with E-state index in [1.54, 1.807) is 23.2 Å². The SMILES string of the molecule is Cc1ccc([C@@H]2CN(C(=O)c3cccc(=O)[nH]3)CCO2)nc1. The van der Waals surface area contributed by atoms with Crippen LogP contribution in [-0.4, -0.2) is 40.5 Å². The van der Waals surface area contributed by atoms with Crippen LogP contribution in [0.4, 0.5) is 0 Å². The molecule has 2 aromatic heterocycles. The molecule has 0 aliphatic carbocycles. The first-order chi connectivity index (χ1) is 10.6. The molecule has 6 nitrogen and oxygen atoms in total. The number of amides is 1. The second kappa shape index (κ2) is 6.11. The molecule has 2 aromatic rings. The minimum Gasteiger partial charge on any atom is -0.368 e. The molecule has 3 rings (SSSR count). The van der Waals surface area contributed by atoms with Crippen LogP contribution in [0.3, 0.4) is 0 Å². The van der Waals surface area contributed by atoms with Crippen LogP contribution < -0.4 is 5.56 Å². The highest BCUT2D eigenvalue weighted by molar-refractivity contribution is 5.92. The number of carbonyl (C=O) groups excluding carboxylic acids is 1. The van der Waals surface area contributed by atoms with Crippen LogP contribution in [0.2, 0.25) is 0 Å². The maximum atomic E-state index is 12.5. The fourth-order valence-electron chi connectivity index (χ4n) is 2.43. The van der Waals surface area contributed by atoms with Crippen molar-refractivity contribution in [1.82, 2.24) is 14.9 Å². The molecule has 1 aliphatic heterocycles. The summed E-state index contributed by atoms with van der Waals surface area (Å²) in [5.74, 6) is -0.196. The Bertz CT molecular complexity index is 724. The van der Waals surface area contributed by atoms with E-state index in [2.05, 4.69) is 9.97 Å². The van der Waals surface area contributed by atoms with Gasteiger partial charge in [-0.1, -0.05) is 12.1 Å². The van der Waals surface area contributed by atoms with E-state index in [0.717, 1.165) is 11.3 Å². The lowest BCUT2D eigenvalue weighted by Crippen LogP contribution is -2.43. The standard InChI is InChI=1S/C16H17N3O3/c1-11-5-6-12(17-9-11)14-10-19(7-8-22-14)16(21)13-3-2-4-15(20)18-13/h2-6,9,14H,7-8,10H2,1H3,(H,18,20)/t14-/m0/s1. The Balaban J connectivity index is 1.76. The highest BCUT2D eigenvalue weighted by Crippen LogP contribution is 2.21. The first-order valence-corrected chi connectivity index (χ1v) is 7.16. The Morgan fingerprint density at radius 3 is 2.95 bits per heavy atom. The molecule has 1 amide bonds. The second-order valence-electron chi connectivity index (χ2n) is 5.30. The lowest BCUT2D eigenvalue weighted by Gasteiger charge is -2.32. The van der Waals surface area contributed by atoms with Gasteiger partial charge in [-0.3, -0.25) is 14.6 Å². The van der Waals surface area contributed by atoms with Crippen LogP contribution in [0, 0.1) is 6.92 Å². The van der Waals surface area contributed by atoms with Crippen molar-refractivity contribution in [2.24, 2.45) is 0 Å². The lowest BCUT2D eigenvalue weighted by atomic mass is 10.1. The fraction of sp³-hybridized carbons (Fsp3) is 0.312. The van der Waals surface area contributed by atoms with Crippen LogP contribution in [0.1, 0.15) is 27.8 Å². The Morgan fingerprint density at radius 2 is 2.23 bits per heavy atom. The van der Waals surface area contributed by atoms with Crippen molar-refractivity contribution < 1.29 is 9.53 Å². The predicted octanol–water partition coefficient (Wildman–Crippen LogP) is 1.29. The van der Waals surface area contributed by atoms with Gasteiger partial charge in [0.2, 0.25) is 5.56 Å². The number of pyridine rings is 2. The predicted molar refractivity (Wildman–Crippen MR) is 80.6 cm³/mol. The third-order valence-corrected chi connectivity index (χ3v) is 3.62. The zero-order valence-corrected chi connectivity index (χ0v) is 12.3. The number of aryl methyl sites for hydroxylation is 1. The van der Waals surface area contributed by atoms with E-state index in [-0.39, 0.29) is 17.6 Å². The zero-order valence-electron chi connectivity index (χ0n) is 12.3. The molecule has 1 fully saturated rings. The Labute approximate surface area is 127 Å². The molecule has 6 heteroatoms. The number of carbonyl (C=O) groups is 1. The molecular weight excluding hydrogens is 282 g/mol. The first-order valence-electron chi connectivity index (χ1n) is 7.16. The van der Waals surface area contributed by atoms with Gasteiger partial charge in [0, 0.05) is 18.8 Å². The van der Waals surface area contributed by atoms with E-state index in [4.69, 9.17) is 4.74 Å². The second-order valence-corrected chi connectivity index (χ2v) is 5.30. The molecule has 1 saturated heterocycles. The Hall–Kier alpha value is -2.47. The van der Waals surface area contributed by atoms with E-state index in [1.807, 2.05) is 19.1 Å². The first kappa shape index (κ1) is 14.5. The van der Waals surface area contributed by atoms with E-state index in [9.17, 15) is 9.59 Å². The summed E-state index contributed by atoms with van der Waals surface area (Å²) in [6, 6.07) is 8.46. The summed E-state index contributed by atoms with van der Waals surface area (Å²) in [4.78, 5) is 32.4. The molecule has 114 valence electrons. The van der Waals surface area contributed by atoms with Gasteiger partial charge in [0.25, 0.3) is 5.91 Å². The largest absolute Gasteiger partial charge is 0.368 e. The van der Waals surface area contributed by atoms with Crippen molar-refractivity contribution in [3.05, 3.63) is 63.8 Å². The number of rotatable bonds is 2. The molecule has 0 radical (unpaired) electrons. The van der Waals surface area contributed by atoms with Crippen molar-refractivity contribution in [2.75, 3.05) is 19.7 Å². The molecule has 0 aromatic carbocycles. The quantitative estimate of drug-likeness (QED) is 0.906. The number of H-pyrrole nitrogens is 1. The molecule has 0 unspecified atom stereocenters. The van der Waals surface area contributed by atoms with Crippen molar-refractivity contribution in [3.63, 3.8) is 0 Å². The summed E-state index contributed by atoms with van der Waals surface area (Å²) in [6.07, 6.45) is 1.54. The van der Waals surface area contributed by atoms with Gasteiger partial charge >= 0.3 is 0 Å². The highest BCUT2D eigenvalue weighted by Gasteiger charge is 2.27. The normalized spacial score (nSPS) is 18.2. The third kappa shape index (κ3) is 3.07. The number of nitrogens with one attached hydrogen (secondary N) is 1. The molecular formula is C16H17N3O3. The van der Waals surface area contributed by atoms with E-state index < -0.39 is 0 Å². The monoisotopic (exact) mass is 299 g/mol. The number of aromatic amines is 1. The van der Waals surface area contributed by atoms with Crippen molar-refractivity contribution >= 4 is 5.91 Å². The maximum Gasteiger partial charge on any atom is 0.270 e. The van der Waals surface area contributed by atoms with Crippen molar-refractivity contribution in [2.45, 2.75) is 13.0 Å². The molecule has 1 atom stereocenters. The van der Waals surface area contributed by atoms with Gasteiger partial charge in [0.05, 0.1) is 18.8 Å². The summed E-state index contributed by atoms with van der Waals surface area (Å²) in [6.45, 7) is 3.34. The number of nitrogens with zero attached hydrogens (tertiary/aromatic N) is 2. The van der Waals surface area contributed by atoms with E-state index in [0.29, 0.717) is 25.4 Å². The van der Waals surface area contributed by atoms with Crippen LogP contribution in [0.25, 0.3) is 0 Å². The average Bonchev–Trinajstić information content (AvgIpc) is 2.55. The molecule has 1 N–H and O–H groups in total. The zero-order chi connectivity index (χ0) is 15.5. The van der Waals surface area contributed by atoms with Gasteiger partial charge in [-0.15, -0.1) is 0 Å². The highest BCUT2D eigenvalue weighted by atomic mass is 16.5. The molecule has 3 heterocycles. The minimum atomic E-state index is -0.282. The summed E-state index contributed by atoms with van der Waals surface area (Å²) in [7, 11) is 0. The van der Waals surface area contributed by atoms with Crippen molar-refractivity contribution in [1.29, 1.82) is 0 Å². The minimum absolute atomic E-state index is 0.196. The number of morpholine rings is 1. The molecule has 0 spiro atoms. The van der Waals surface area contributed by atoms with Crippen LogP contribution in [-0.2, 0) is 4.74 Å². The lowest BCUT2D eigenvalue weighted by molar-refractivity contribution is -0.0249. The fourth-order valence-corrected chi connectivity index (χ4v) is 2.43. The Morgan fingerprint density at radius 1 is 1.36 bits per heavy atom. The average molecular weight is 299 g/mol. The maximum absolute atomic E-state index is 12.5. The number of ether oxygens (including phenoxy) is 1. The molecule has 22 heavy (non-hydrogen) atoms. The number of hydrogen-bond donors (Lipinski definition) is 1. The van der Waals surface area contributed by atoms with E-state index >= 15 is 0 Å². The summed E-state index contributed by atoms with van der Waals surface area (Å²) in [5, 5.41) is 0. The van der Waals surface area contributed by atoms with E-state index in [1.165, 1.54) is 6.07 Å². The summed E-state index contributed by atoms with van der Waals surface area (Å²) in [5.41, 5.74) is 1.90. The topological polar surface area (TPSA) is 75.3 Å². The molecule has 0 saturated carbocycles. The number of hydrogen-bond acceptors (Lipinski definition) is 4. The molecule has 1 aliphatic rings. The van der Waals surface area contributed by atoms with Gasteiger partial charge in [0.15, 0.2) is 0 Å². The van der Waals surface area contributed by atoms with Crippen LogP contribution in [0.5, 0.6) is 0 Å². The summed E-state index contributed by atoms with van der Waals surface area (Å²) < 4.78 is 5.72.